The van der Waals surface area contributed by atoms with E-state index in [4.69, 9.17) is 4.74 Å². The third kappa shape index (κ3) is 3.02. The Morgan fingerprint density at radius 2 is 2.35 bits per heavy atom. The molecular formula is C17H26N4O2. The van der Waals surface area contributed by atoms with Crippen molar-refractivity contribution >= 4 is 5.91 Å². The number of amides is 1. The van der Waals surface area contributed by atoms with Gasteiger partial charge in [-0.1, -0.05) is 0 Å². The Balaban J connectivity index is 1.39. The third-order valence-corrected chi connectivity index (χ3v) is 5.58. The number of hydrogen-bond donors (Lipinski definition) is 0. The van der Waals surface area contributed by atoms with Crippen LogP contribution >= 0.6 is 0 Å². The Morgan fingerprint density at radius 1 is 1.43 bits per heavy atom. The van der Waals surface area contributed by atoms with Gasteiger partial charge in [-0.25, -0.2) is 0 Å². The fourth-order valence-electron chi connectivity index (χ4n) is 4.48. The molecule has 3 fully saturated rings. The molecule has 0 N–H and O–H groups in total. The van der Waals surface area contributed by atoms with Gasteiger partial charge >= 0.3 is 0 Å². The lowest BCUT2D eigenvalue weighted by molar-refractivity contribution is -0.137. The van der Waals surface area contributed by atoms with Gasteiger partial charge in [0.2, 0.25) is 5.91 Å². The second-order valence-corrected chi connectivity index (χ2v) is 7.35. The lowest BCUT2D eigenvalue weighted by atomic mass is 9.89. The summed E-state index contributed by atoms with van der Waals surface area (Å²) in [4.78, 5) is 16.6. The average molecular weight is 318 g/mol. The lowest BCUT2D eigenvalue weighted by Gasteiger charge is -2.41. The molecule has 0 aliphatic carbocycles. The van der Waals surface area contributed by atoms with E-state index in [9.17, 15) is 4.79 Å². The van der Waals surface area contributed by atoms with E-state index in [2.05, 4.69) is 21.1 Å². The van der Waals surface area contributed by atoms with Gasteiger partial charge in [0.15, 0.2) is 0 Å². The molecule has 4 rings (SSSR count). The molecule has 126 valence electrons. The highest BCUT2D eigenvalue weighted by atomic mass is 16.5. The van der Waals surface area contributed by atoms with Gasteiger partial charge in [-0.3, -0.25) is 14.4 Å². The lowest BCUT2D eigenvalue weighted by Crippen LogP contribution is -2.50. The summed E-state index contributed by atoms with van der Waals surface area (Å²) < 4.78 is 8.08. The van der Waals surface area contributed by atoms with Crippen molar-refractivity contribution in [2.24, 2.45) is 7.05 Å². The normalized spacial score (nSPS) is 32.3. The first kappa shape index (κ1) is 15.1. The van der Waals surface area contributed by atoms with Crippen LogP contribution in [0.25, 0.3) is 0 Å². The zero-order valence-corrected chi connectivity index (χ0v) is 13.9. The minimum absolute atomic E-state index is 0.0476. The first-order chi connectivity index (χ1) is 11.1. The Labute approximate surface area is 137 Å². The molecule has 23 heavy (non-hydrogen) atoms. The highest BCUT2D eigenvalue weighted by molar-refractivity contribution is 5.78. The molecule has 2 atom stereocenters. The molecule has 3 saturated heterocycles. The second-order valence-electron chi connectivity index (χ2n) is 7.35. The number of nitrogens with zero attached hydrogens (tertiary/aromatic N) is 4. The Hall–Kier alpha value is -1.40. The molecular weight excluding hydrogens is 292 g/mol. The highest BCUT2D eigenvalue weighted by Gasteiger charge is 2.45. The number of hydrogen-bond acceptors (Lipinski definition) is 4. The van der Waals surface area contributed by atoms with Gasteiger partial charge in [-0.2, -0.15) is 5.10 Å². The van der Waals surface area contributed by atoms with Crippen LogP contribution in [0.15, 0.2) is 12.4 Å². The molecule has 3 aliphatic heterocycles. The molecule has 0 unspecified atom stereocenters. The van der Waals surface area contributed by atoms with Crippen molar-refractivity contribution in [3.8, 4) is 0 Å². The van der Waals surface area contributed by atoms with Crippen LogP contribution < -0.4 is 0 Å². The average Bonchev–Trinajstić information content (AvgIpc) is 3.22. The van der Waals surface area contributed by atoms with Gasteiger partial charge in [0.1, 0.15) is 0 Å². The van der Waals surface area contributed by atoms with Gasteiger partial charge < -0.3 is 9.64 Å². The van der Waals surface area contributed by atoms with Crippen molar-refractivity contribution in [3.05, 3.63) is 18.0 Å². The number of aryl methyl sites for hydroxylation is 1. The van der Waals surface area contributed by atoms with Crippen LogP contribution in [0.1, 0.15) is 37.7 Å². The molecule has 0 bridgehead atoms. The maximum Gasteiger partial charge on any atom is 0.222 e. The van der Waals surface area contributed by atoms with Crippen molar-refractivity contribution in [3.63, 3.8) is 0 Å². The van der Waals surface area contributed by atoms with E-state index in [1.54, 1.807) is 0 Å². The largest absolute Gasteiger partial charge is 0.373 e. The van der Waals surface area contributed by atoms with Crippen molar-refractivity contribution in [1.82, 2.24) is 19.6 Å². The number of aromatic nitrogens is 2. The van der Waals surface area contributed by atoms with Crippen LogP contribution in [0, 0.1) is 0 Å². The number of carbonyl (C=O) groups excluding carboxylic acids is 1. The van der Waals surface area contributed by atoms with E-state index in [1.807, 2.05) is 17.9 Å². The zero-order chi connectivity index (χ0) is 15.9. The summed E-state index contributed by atoms with van der Waals surface area (Å²) in [5.41, 5.74) is 1.21. The first-order valence-electron chi connectivity index (χ1n) is 8.77. The van der Waals surface area contributed by atoms with E-state index in [-0.39, 0.29) is 5.60 Å². The van der Waals surface area contributed by atoms with E-state index in [1.165, 1.54) is 5.56 Å². The minimum Gasteiger partial charge on any atom is -0.373 e. The summed E-state index contributed by atoms with van der Waals surface area (Å²) in [5, 5.41) is 4.25. The SMILES string of the molecule is Cn1cc(CN2CC[C@]3(C[C@@H](N4CCCC4=O)CCO3)C2)cn1. The van der Waals surface area contributed by atoms with Crippen LogP contribution in [0.5, 0.6) is 0 Å². The summed E-state index contributed by atoms with van der Waals surface area (Å²) >= 11 is 0. The van der Waals surface area contributed by atoms with Gasteiger partial charge in [0, 0.05) is 64.1 Å². The number of carbonyl (C=O) groups is 1. The molecule has 6 nitrogen and oxygen atoms in total. The van der Waals surface area contributed by atoms with Gasteiger partial charge in [0.25, 0.3) is 0 Å². The molecule has 0 saturated carbocycles. The van der Waals surface area contributed by atoms with Gasteiger partial charge in [-0.05, 0) is 25.7 Å². The fourth-order valence-corrected chi connectivity index (χ4v) is 4.48. The standard InChI is InChI=1S/C17H26N4O2/c1-19-11-14(10-18-19)12-20-7-5-17(13-20)9-15(4-8-23-17)21-6-2-3-16(21)22/h10-11,15H,2-9,12-13H2,1H3/t15-,17-/m0/s1. The summed E-state index contributed by atoms with van der Waals surface area (Å²) in [6.07, 6.45) is 8.86. The Morgan fingerprint density at radius 3 is 3.09 bits per heavy atom. The first-order valence-corrected chi connectivity index (χ1v) is 8.77. The van der Waals surface area contributed by atoms with E-state index in [0.717, 1.165) is 64.9 Å². The predicted octanol–water partition coefficient (Wildman–Crippen LogP) is 1.17. The third-order valence-electron chi connectivity index (χ3n) is 5.58. The molecule has 1 amide bonds. The molecule has 0 aromatic carbocycles. The maximum atomic E-state index is 12.1. The fraction of sp³-hybridized carbons (Fsp3) is 0.765. The molecule has 1 aromatic rings. The molecule has 1 aromatic heterocycles. The Bertz CT molecular complexity index is 587. The molecule has 0 radical (unpaired) electrons. The van der Waals surface area contributed by atoms with Crippen molar-refractivity contribution in [2.75, 3.05) is 26.2 Å². The number of ether oxygens (including phenoxy) is 1. The van der Waals surface area contributed by atoms with Crippen molar-refractivity contribution in [2.45, 2.75) is 50.3 Å². The second kappa shape index (κ2) is 5.91. The van der Waals surface area contributed by atoms with Gasteiger partial charge in [0.05, 0.1) is 11.8 Å². The summed E-state index contributed by atoms with van der Waals surface area (Å²) in [7, 11) is 1.96. The summed E-state index contributed by atoms with van der Waals surface area (Å²) in [6.45, 7) is 4.70. The topological polar surface area (TPSA) is 50.6 Å². The van der Waals surface area contributed by atoms with Crippen molar-refractivity contribution < 1.29 is 9.53 Å². The van der Waals surface area contributed by atoms with Crippen LogP contribution in [-0.2, 0) is 23.1 Å². The van der Waals surface area contributed by atoms with E-state index in [0.29, 0.717) is 11.9 Å². The van der Waals surface area contributed by atoms with Crippen LogP contribution in [0.4, 0.5) is 0 Å². The maximum absolute atomic E-state index is 12.1. The van der Waals surface area contributed by atoms with E-state index < -0.39 is 0 Å². The van der Waals surface area contributed by atoms with Gasteiger partial charge in [-0.15, -0.1) is 0 Å². The number of likely N-dealkylation sites (tertiary alicyclic amines) is 2. The quantitative estimate of drug-likeness (QED) is 0.839. The number of rotatable bonds is 3. The van der Waals surface area contributed by atoms with Crippen LogP contribution in [0.3, 0.4) is 0 Å². The van der Waals surface area contributed by atoms with Crippen LogP contribution in [-0.4, -0.2) is 63.4 Å². The molecule has 6 heteroatoms. The monoisotopic (exact) mass is 318 g/mol. The minimum atomic E-state index is -0.0476. The smallest absolute Gasteiger partial charge is 0.222 e. The van der Waals surface area contributed by atoms with Crippen molar-refractivity contribution in [1.29, 1.82) is 0 Å². The van der Waals surface area contributed by atoms with E-state index >= 15 is 0 Å². The highest BCUT2D eigenvalue weighted by Crippen LogP contribution is 2.37. The zero-order valence-electron chi connectivity index (χ0n) is 13.9. The van der Waals surface area contributed by atoms with Crippen LogP contribution in [0.2, 0.25) is 0 Å². The molecule has 3 aliphatic rings. The molecule has 1 spiro atoms. The summed E-state index contributed by atoms with van der Waals surface area (Å²) in [5.74, 6) is 0.345. The predicted molar refractivity (Wildman–Crippen MR) is 85.8 cm³/mol. The molecule has 4 heterocycles. The Kier molecular flexibility index (Phi) is 3.89. The summed E-state index contributed by atoms with van der Waals surface area (Å²) in [6, 6.07) is 0.386.